The van der Waals surface area contributed by atoms with Crippen molar-refractivity contribution in [2.45, 2.75) is 102 Å². The minimum Gasteiger partial charge on any atom is -0.481 e. The molecule has 5 atom stereocenters. The molecule has 2 saturated heterocycles. The molecule has 0 aliphatic carbocycles. The Kier molecular flexibility index (Phi) is 12.0. The highest BCUT2D eigenvalue weighted by Gasteiger charge is 2.47. The molecule has 2 fully saturated rings. The number of fused-ring (bicyclic) bond motifs is 2. The van der Waals surface area contributed by atoms with Crippen LogP contribution in [0.4, 0.5) is 0 Å². The summed E-state index contributed by atoms with van der Waals surface area (Å²) in [4.78, 5) is 21.2. The lowest BCUT2D eigenvalue weighted by molar-refractivity contribution is -0.137. The molecule has 1 unspecified atom stereocenters. The summed E-state index contributed by atoms with van der Waals surface area (Å²) in [6, 6.07) is 0.306. The number of carboxylic acid groups (broad SMARTS) is 1. The number of carbonyl (C=O) groups excluding carboxylic acids is 1. The third kappa shape index (κ3) is 8.73. The van der Waals surface area contributed by atoms with Crippen LogP contribution in [0.1, 0.15) is 84.0 Å². The standard InChI is InChI=1S/C25H41NO4/c1-2-3-11-20(12-10-19-27)26-18-9-8-14-22-21(23-16-17-24(22)30-23)13-6-4-5-7-15-25(28)29/h4,6,10,12,19-24,26H,2-3,5,7-9,11,13-18H2,1H3,(H,28,29)/t20?,21-,22+,23-,24+/m0/s1. The SMILES string of the molecule is CCCCC(C=CC=O)NCCCC[C@@H]1[C@H](CC=CCCCC(=O)O)[C@@H]2CC[C@H]1O2. The van der Waals surface area contributed by atoms with Crippen molar-refractivity contribution in [2.75, 3.05) is 6.54 Å². The van der Waals surface area contributed by atoms with E-state index in [4.69, 9.17) is 9.84 Å². The van der Waals surface area contributed by atoms with Crippen LogP contribution in [-0.4, -0.2) is 42.2 Å². The molecule has 2 aliphatic heterocycles. The number of aldehydes is 1. The van der Waals surface area contributed by atoms with Crippen molar-refractivity contribution in [1.82, 2.24) is 5.32 Å². The maximum absolute atomic E-state index is 10.6. The molecular weight excluding hydrogens is 378 g/mol. The van der Waals surface area contributed by atoms with Crippen molar-refractivity contribution in [3.63, 3.8) is 0 Å². The molecule has 2 aliphatic rings. The molecule has 2 N–H and O–H groups in total. The van der Waals surface area contributed by atoms with E-state index in [9.17, 15) is 9.59 Å². The molecule has 5 nitrogen and oxygen atoms in total. The Morgan fingerprint density at radius 1 is 1.13 bits per heavy atom. The first kappa shape index (κ1) is 24.8. The Morgan fingerprint density at radius 3 is 2.67 bits per heavy atom. The number of rotatable bonds is 17. The molecule has 5 heteroatoms. The zero-order valence-corrected chi connectivity index (χ0v) is 18.6. The van der Waals surface area contributed by atoms with Gasteiger partial charge in [-0.2, -0.15) is 0 Å². The van der Waals surface area contributed by atoms with Crippen molar-refractivity contribution in [2.24, 2.45) is 11.8 Å². The third-order valence-corrected chi connectivity index (χ3v) is 6.59. The fraction of sp³-hybridized carbons (Fsp3) is 0.760. The maximum atomic E-state index is 10.6. The maximum Gasteiger partial charge on any atom is 0.303 e. The van der Waals surface area contributed by atoms with E-state index in [1.54, 1.807) is 6.08 Å². The zero-order valence-electron chi connectivity index (χ0n) is 18.6. The van der Waals surface area contributed by atoms with Gasteiger partial charge in [-0.1, -0.05) is 44.4 Å². The van der Waals surface area contributed by atoms with E-state index in [-0.39, 0.29) is 6.42 Å². The van der Waals surface area contributed by atoms with Crippen LogP contribution in [0.3, 0.4) is 0 Å². The third-order valence-electron chi connectivity index (χ3n) is 6.59. The predicted octanol–water partition coefficient (Wildman–Crippen LogP) is 5.06. The minimum atomic E-state index is -0.712. The molecule has 0 aromatic rings. The summed E-state index contributed by atoms with van der Waals surface area (Å²) in [5, 5.41) is 12.3. The minimum absolute atomic E-state index is 0.252. The number of carbonyl (C=O) groups is 2. The van der Waals surface area contributed by atoms with Crippen molar-refractivity contribution < 1.29 is 19.4 Å². The monoisotopic (exact) mass is 419 g/mol. The van der Waals surface area contributed by atoms with E-state index in [1.165, 1.54) is 38.5 Å². The number of unbranched alkanes of at least 4 members (excludes halogenated alkanes) is 3. The molecule has 2 bridgehead atoms. The summed E-state index contributed by atoms with van der Waals surface area (Å²) in [5.41, 5.74) is 0. The summed E-state index contributed by atoms with van der Waals surface area (Å²) in [5.74, 6) is 0.578. The Labute approximate surface area is 182 Å². The Bertz CT molecular complexity index is 559. The van der Waals surface area contributed by atoms with Gasteiger partial charge in [0.25, 0.3) is 0 Å². The second kappa shape index (κ2) is 14.5. The number of ether oxygens (including phenoxy) is 1. The summed E-state index contributed by atoms with van der Waals surface area (Å²) in [6.07, 6.45) is 22.1. The van der Waals surface area contributed by atoms with Gasteiger partial charge in [-0.15, -0.1) is 0 Å². The molecule has 0 radical (unpaired) electrons. The number of hydrogen-bond donors (Lipinski definition) is 2. The van der Waals surface area contributed by atoms with E-state index < -0.39 is 5.97 Å². The lowest BCUT2D eigenvalue weighted by atomic mass is 9.75. The molecule has 30 heavy (non-hydrogen) atoms. The molecule has 170 valence electrons. The highest BCUT2D eigenvalue weighted by Crippen LogP contribution is 2.47. The Hall–Kier alpha value is -1.46. The number of hydrogen-bond acceptors (Lipinski definition) is 4. The van der Waals surface area contributed by atoms with Gasteiger partial charge in [-0.25, -0.2) is 0 Å². The average molecular weight is 420 g/mol. The normalized spacial score (nSPS) is 26.7. The Balaban J connectivity index is 1.67. The number of nitrogens with one attached hydrogen (secondary N) is 1. The van der Waals surface area contributed by atoms with Gasteiger partial charge in [0.15, 0.2) is 0 Å². The lowest BCUT2D eigenvalue weighted by Crippen LogP contribution is -2.29. The molecule has 0 saturated carbocycles. The number of allylic oxidation sites excluding steroid dienone is 3. The summed E-state index contributed by atoms with van der Waals surface area (Å²) < 4.78 is 6.22. The first-order chi connectivity index (χ1) is 14.7. The second-order valence-corrected chi connectivity index (χ2v) is 8.83. The predicted molar refractivity (Wildman–Crippen MR) is 120 cm³/mol. The van der Waals surface area contributed by atoms with Crippen LogP contribution >= 0.6 is 0 Å². The van der Waals surface area contributed by atoms with Crippen LogP contribution in [0.2, 0.25) is 0 Å². The first-order valence-corrected chi connectivity index (χ1v) is 12.0. The molecule has 0 aromatic heterocycles. The fourth-order valence-corrected chi connectivity index (χ4v) is 5.00. The van der Waals surface area contributed by atoms with Crippen LogP contribution in [0.15, 0.2) is 24.3 Å². The van der Waals surface area contributed by atoms with Crippen molar-refractivity contribution in [3.8, 4) is 0 Å². The second-order valence-electron chi connectivity index (χ2n) is 8.83. The topological polar surface area (TPSA) is 75.6 Å². The smallest absolute Gasteiger partial charge is 0.303 e. The van der Waals surface area contributed by atoms with Crippen LogP contribution in [0.5, 0.6) is 0 Å². The first-order valence-electron chi connectivity index (χ1n) is 12.0. The van der Waals surface area contributed by atoms with Gasteiger partial charge in [0, 0.05) is 12.5 Å². The van der Waals surface area contributed by atoms with Gasteiger partial charge in [-0.3, -0.25) is 9.59 Å². The van der Waals surface area contributed by atoms with Crippen LogP contribution in [-0.2, 0) is 14.3 Å². The van der Waals surface area contributed by atoms with Crippen molar-refractivity contribution >= 4 is 12.3 Å². The number of aliphatic carboxylic acids is 1. The molecular formula is C25H41NO4. The van der Waals surface area contributed by atoms with Gasteiger partial charge in [-0.05, 0) is 75.8 Å². The van der Waals surface area contributed by atoms with E-state index in [2.05, 4.69) is 24.4 Å². The van der Waals surface area contributed by atoms with E-state index in [1.807, 2.05) is 6.08 Å². The fourth-order valence-electron chi connectivity index (χ4n) is 5.00. The summed E-state index contributed by atoms with van der Waals surface area (Å²) in [7, 11) is 0. The summed E-state index contributed by atoms with van der Waals surface area (Å²) in [6.45, 7) is 3.19. The van der Waals surface area contributed by atoms with Crippen LogP contribution in [0, 0.1) is 11.8 Å². The molecule has 2 rings (SSSR count). The quantitative estimate of drug-likeness (QED) is 0.149. The van der Waals surface area contributed by atoms with Crippen LogP contribution < -0.4 is 5.32 Å². The van der Waals surface area contributed by atoms with Gasteiger partial charge in [0.1, 0.15) is 6.29 Å². The van der Waals surface area contributed by atoms with Gasteiger partial charge in [0.2, 0.25) is 0 Å². The van der Waals surface area contributed by atoms with Gasteiger partial charge < -0.3 is 15.2 Å². The van der Waals surface area contributed by atoms with Gasteiger partial charge >= 0.3 is 5.97 Å². The molecule has 0 aromatic carbocycles. The van der Waals surface area contributed by atoms with Crippen molar-refractivity contribution in [3.05, 3.63) is 24.3 Å². The molecule has 0 amide bonds. The molecule has 2 heterocycles. The van der Waals surface area contributed by atoms with E-state index in [0.717, 1.165) is 44.9 Å². The Morgan fingerprint density at radius 2 is 1.93 bits per heavy atom. The summed E-state index contributed by atoms with van der Waals surface area (Å²) >= 11 is 0. The van der Waals surface area contributed by atoms with Crippen LogP contribution in [0.25, 0.3) is 0 Å². The number of carboxylic acids is 1. The molecule has 0 spiro atoms. The van der Waals surface area contributed by atoms with E-state index >= 15 is 0 Å². The lowest BCUT2D eigenvalue weighted by Gasteiger charge is -2.27. The highest BCUT2D eigenvalue weighted by molar-refractivity contribution is 5.66. The van der Waals surface area contributed by atoms with E-state index in [0.29, 0.717) is 30.1 Å². The average Bonchev–Trinajstić information content (AvgIpc) is 3.33. The van der Waals surface area contributed by atoms with Gasteiger partial charge in [0.05, 0.1) is 12.2 Å². The highest BCUT2D eigenvalue weighted by atomic mass is 16.5. The zero-order chi connectivity index (χ0) is 21.6. The van der Waals surface area contributed by atoms with Crippen molar-refractivity contribution in [1.29, 1.82) is 0 Å². The largest absolute Gasteiger partial charge is 0.481 e.